The molecular formula is C12H14BrClN6O. The van der Waals surface area contributed by atoms with Crippen LogP contribution in [-0.2, 0) is 0 Å². The summed E-state index contributed by atoms with van der Waals surface area (Å²) in [6, 6.07) is 5.50. The van der Waals surface area contributed by atoms with E-state index in [1.54, 1.807) is 18.2 Å². The quantitative estimate of drug-likeness (QED) is 0.547. The second kappa shape index (κ2) is 6.88. The first kappa shape index (κ1) is 15.7. The second-order valence-electron chi connectivity index (χ2n) is 4.33. The van der Waals surface area contributed by atoms with Crippen LogP contribution in [0.5, 0.6) is 6.01 Å². The fourth-order valence-electron chi connectivity index (χ4n) is 1.45. The number of nitrogens with two attached hydrogens (primary N) is 1. The summed E-state index contributed by atoms with van der Waals surface area (Å²) in [6.45, 7) is 3.75. The normalized spacial score (nSPS) is 10.6. The SMILES string of the molecule is CC(C)Oc1nc(NN)nc(Nc2ccc(Cl)cc2Br)n1. The van der Waals surface area contributed by atoms with Gasteiger partial charge in [-0.2, -0.15) is 15.0 Å². The number of rotatable bonds is 5. The van der Waals surface area contributed by atoms with Gasteiger partial charge in [-0.1, -0.05) is 11.6 Å². The number of aromatic nitrogens is 3. The molecule has 1 heterocycles. The highest BCUT2D eigenvalue weighted by atomic mass is 79.9. The predicted octanol–water partition coefficient (Wildman–Crippen LogP) is 3.10. The summed E-state index contributed by atoms with van der Waals surface area (Å²) < 4.78 is 6.24. The van der Waals surface area contributed by atoms with Crippen molar-refractivity contribution in [1.29, 1.82) is 0 Å². The Kier molecular flexibility index (Phi) is 5.16. The van der Waals surface area contributed by atoms with Crippen LogP contribution in [0.3, 0.4) is 0 Å². The molecular weight excluding hydrogens is 360 g/mol. The summed E-state index contributed by atoms with van der Waals surface area (Å²) in [6.07, 6.45) is -0.0619. The van der Waals surface area contributed by atoms with Crippen molar-refractivity contribution in [2.75, 3.05) is 10.7 Å². The molecule has 7 nitrogen and oxygen atoms in total. The van der Waals surface area contributed by atoms with E-state index in [9.17, 15) is 0 Å². The number of nitrogen functional groups attached to an aromatic ring is 1. The first-order chi connectivity index (χ1) is 9.97. The Balaban J connectivity index is 2.29. The Labute approximate surface area is 135 Å². The molecule has 2 rings (SSSR count). The lowest BCUT2D eigenvalue weighted by atomic mass is 10.3. The van der Waals surface area contributed by atoms with Gasteiger partial charge in [-0.05, 0) is 48.0 Å². The van der Waals surface area contributed by atoms with Crippen molar-refractivity contribution >= 4 is 45.1 Å². The summed E-state index contributed by atoms with van der Waals surface area (Å²) in [7, 11) is 0. The topological polar surface area (TPSA) is 98.0 Å². The maximum absolute atomic E-state index is 5.90. The van der Waals surface area contributed by atoms with Crippen molar-refractivity contribution in [3.05, 3.63) is 27.7 Å². The molecule has 0 saturated heterocycles. The Morgan fingerprint density at radius 1 is 1.24 bits per heavy atom. The third-order valence-corrected chi connectivity index (χ3v) is 3.15. The van der Waals surface area contributed by atoms with Crippen LogP contribution in [-0.4, -0.2) is 21.1 Å². The van der Waals surface area contributed by atoms with Crippen molar-refractivity contribution in [3.63, 3.8) is 0 Å². The molecule has 2 aromatic rings. The van der Waals surface area contributed by atoms with Crippen molar-refractivity contribution < 1.29 is 4.74 Å². The van der Waals surface area contributed by atoms with Gasteiger partial charge in [-0.3, -0.25) is 5.43 Å². The number of anilines is 3. The summed E-state index contributed by atoms with van der Waals surface area (Å²) in [5.41, 5.74) is 3.13. The molecule has 0 atom stereocenters. The Bertz CT molecular complexity index is 639. The standard InChI is InChI=1S/C12H14BrClN6O/c1-6(2)21-12-18-10(17-11(19-12)20-15)16-9-4-3-7(14)5-8(9)13/h3-6H,15H2,1-2H3,(H2,16,17,18,19,20). The number of hydrogen-bond acceptors (Lipinski definition) is 7. The number of hydrogen-bond donors (Lipinski definition) is 3. The maximum Gasteiger partial charge on any atom is 0.323 e. The minimum absolute atomic E-state index is 0.0619. The largest absolute Gasteiger partial charge is 0.461 e. The van der Waals surface area contributed by atoms with Crippen LogP contribution in [0.15, 0.2) is 22.7 Å². The minimum atomic E-state index is -0.0619. The van der Waals surface area contributed by atoms with E-state index in [2.05, 4.69) is 41.6 Å². The average molecular weight is 374 g/mol. The zero-order valence-electron chi connectivity index (χ0n) is 11.4. The van der Waals surface area contributed by atoms with Crippen LogP contribution >= 0.6 is 27.5 Å². The van der Waals surface area contributed by atoms with Crippen molar-refractivity contribution in [2.45, 2.75) is 20.0 Å². The van der Waals surface area contributed by atoms with E-state index >= 15 is 0 Å². The van der Waals surface area contributed by atoms with Crippen LogP contribution in [0.25, 0.3) is 0 Å². The number of benzene rings is 1. The van der Waals surface area contributed by atoms with Crippen molar-refractivity contribution in [2.24, 2.45) is 5.84 Å². The van der Waals surface area contributed by atoms with Gasteiger partial charge in [0, 0.05) is 9.50 Å². The molecule has 0 bridgehead atoms. The van der Waals surface area contributed by atoms with Crippen molar-refractivity contribution in [3.8, 4) is 6.01 Å². The van der Waals surface area contributed by atoms with Gasteiger partial charge >= 0.3 is 6.01 Å². The van der Waals surface area contributed by atoms with Gasteiger partial charge in [0.15, 0.2) is 0 Å². The Morgan fingerprint density at radius 3 is 2.57 bits per heavy atom. The molecule has 1 aromatic heterocycles. The second-order valence-corrected chi connectivity index (χ2v) is 5.62. The van der Waals surface area contributed by atoms with E-state index in [0.29, 0.717) is 11.0 Å². The molecule has 0 saturated carbocycles. The van der Waals surface area contributed by atoms with Gasteiger partial charge in [0.05, 0.1) is 11.8 Å². The van der Waals surface area contributed by atoms with E-state index < -0.39 is 0 Å². The van der Waals surface area contributed by atoms with Crippen LogP contribution in [0.4, 0.5) is 17.6 Å². The molecule has 0 amide bonds. The third-order valence-electron chi connectivity index (χ3n) is 2.26. The van der Waals surface area contributed by atoms with Crippen molar-refractivity contribution in [1.82, 2.24) is 15.0 Å². The molecule has 0 aliphatic heterocycles. The first-order valence-corrected chi connectivity index (χ1v) is 7.26. The number of nitrogens with one attached hydrogen (secondary N) is 2. The highest BCUT2D eigenvalue weighted by Gasteiger charge is 2.10. The van der Waals surface area contributed by atoms with E-state index in [4.69, 9.17) is 22.2 Å². The molecule has 9 heteroatoms. The molecule has 112 valence electrons. The molecule has 4 N–H and O–H groups in total. The number of ether oxygens (including phenoxy) is 1. The first-order valence-electron chi connectivity index (χ1n) is 6.09. The van der Waals surface area contributed by atoms with Gasteiger partial charge < -0.3 is 10.1 Å². The van der Waals surface area contributed by atoms with E-state index in [1.165, 1.54) is 0 Å². The van der Waals surface area contributed by atoms with E-state index in [1.807, 2.05) is 13.8 Å². The number of halogens is 2. The number of nitrogens with zero attached hydrogens (tertiary/aromatic N) is 3. The van der Waals surface area contributed by atoms with Gasteiger partial charge in [0.25, 0.3) is 0 Å². The molecule has 0 spiro atoms. The van der Waals surface area contributed by atoms with E-state index in [-0.39, 0.29) is 18.1 Å². The molecule has 21 heavy (non-hydrogen) atoms. The van der Waals surface area contributed by atoms with Gasteiger partial charge in [0.1, 0.15) is 0 Å². The predicted molar refractivity (Wildman–Crippen MR) is 85.8 cm³/mol. The van der Waals surface area contributed by atoms with Crippen LogP contribution in [0, 0.1) is 0 Å². The number of hydrazine groups is 1. The zero-order valence-corrected chi connectivity index (χ0v) is 13.7. The van der Waals surface area contributed by atoms with E-state index in [0.717, 1.165) is 10.2 Å². The summed E-state index contributed by atoms with van der Waals surface area (Å²) in [4.78, 5) is 12.3. The monoisotopic (exact) mass is 372 g/mol. The van der Waals surface area contributed by atoms with Gasteiger partial charge in [-0.15, -0.1) is 0 Å². The van der Waals surface area contributed by atoms with Crippen LogP contribution < -0.4 is 21.3 Å². The molecule has 0 radical (unpaired) electrons. The molecule has 0 aliphatic rings. The Morgan fingerprint density at radius 2 is 1.95 bits per heavy atom. The lowest BCUT2D eigenvalue weighted by Gasteiger charge is -2.12. The molecule has 1 aromatic carbocycles. The molecule has 0 aliphatic carbocycles. The smallest absolute Gasteiger partial charge is 0.323 e. The Hall–Kier alpha value is -1.64. The van der Waals surface area contributed by atoms with Crippen LogP contribution in [0.2, 0.25) is 5.02 Å². The van der Waals surface area contributed by atoms with Gasteiger partial charge in [-0.25, -0.2) is 5.84 Å². The molecule has 0 fully saturated rings. The lowest BCUT2D eigenvalue weighted by Crippen LogP contribution is -2.15. The highest BCUT2D eigenvalue weighted by Crippen LogP contribution is 2.28. The lowest BCUT2D eigenvalue weighted by molar-refractivity contribution is 0.222. The summed E-state index contributed by atoms with van der Waals surface area (Å²) in [5.74, 6) is 5.85. The highest BCUT2D eigenvalue weighted by molar-refractivity contribution is 9.10. The molecule has 0 unspecified atom stereocenters. The van der Waals surface area contributed by atoms with Crippen LogP contribution in [0.1, 0.15) is 13.8 Å². The fourth-order valence-corrected chi connectivity index (χ4v) is 2.23. The minimum Gasteiger partial charge on any atom is -0.461 e. The zero-order chi connectivity index (χ0) is 15.4. The summed E-state index contributed by atoms with van der Waals surface area (Å²) >= 11 is 9.31. The summed E-state index contributed by atoms with van der Waals surface area (Å²) in [5, 5.41) is 3.67. The average Bonchev–Trinajstić information content (AvgIpc) is 2.41. The third kappa shape index (κ3) is 4.42. The fraction of sp³-hybridized carbons (Fsp3) is 0.250. The maximum atomic E-state index is 5.90. The van der Waals surface area contributed by atoms with Gasteiger partial charge in [0.2, 0.25) is 11.9 Å².